The average molecular weight is 497 g/mol. The highest BCUT2D eigenvalue weighted by molar-refractivity contribution is 6.31. The second-order valence-electron chi connectivity index (χ2n) is 10.0. The predicted molar refractivity (Wildman–Crippen MR) is 136 cm³/mol. The van der Waals surface area contributed by atoms with Gasteiger partial charge in [-0.15, -0.1) is 0 Å². The van der Waals surface area contributed by atoms with Crippen LogP contribution in [0.25, 0.3) is 10.9 Å². The normalized spacial score (nSPS) is 19.2. The molecule has 9 heteroatoms. The lowest BCUT2D eigenvalue weighted by molar-refractivity contribution is -0.135. The van der Waals surface area contributed by atoms with Gasteiger partial charge in [0.15, 0.2) is 0 Å². The quantitative estimate of drug-likeness (QED) is 0.547. The topological polar surface area (TPSA) is 86.3 Å². The number of piperidine rings is 2. The lowest BCUT2D eigenvalue weighted by Gasteiger charge is -2.40. The maximum absolute atomic E-state index is 13.6. The van der Waals surface area contributed by atoms with Crippen molar-refractivity contribution in [2.45, 2.75) is 38.3 Å². The molecule has 0 radical (unpaired) electrons. The van der Waals surface area contributed by atoms with Crippen molar-refractivity contribution in [1.29, 1.82) is 0 Å². The second kappa shape index (κ2) is 10.4. The predicted octanol–water partition coefficient (Wildman–Crippen LogP) is 3.40. The molecule has 2 fully saturated rings. The maximum Gasteiger partial charge on any atom is 0.268 e. The van der Waals surface area contributed by atoms with E-state index in [0.29, 0.717) is 23.2 Å². The van der Waals surface area contributed by atoms with Crippen LogP contribution in [-0.4, -0.2) is 75.4 Å². The Kier molecular flexibility index (Phi) is 7.11. The first-order chi connectivity index (χ1) is 17.0. The van der Waals surface area contributed by atoms with E-state index in [1.54, 1.807) is 24.7 Å². The minimum absolute atomic E-state index is 0.0342. The van der Waals surface area contributed by atoms with Crippen molar-refractivity contribution in [2.75, 3.05) is 33.2 Å². The Morgan fingerprint density at radius 1 is 1.11 bits per heavy atom. The SMILES string of the molecule is CN1CCC(C2CCN(C(=O)[C@@H](Cn3ccnc3)NC(=O)c3cc4cc(Cl)ccc4[nH]3)CC2)CC1. The number of benzene rings is 1. The second-order valence-corrected chi connectivity index (χ2v) is 10.4. The van der Waals surface area contributed by atoms with E-state index in [2.05, 4.69) is 27.2 Å². The molecular weight excluding hydrogens is 464 g/mol. The van der Waals surface area contributed by atoms with E-state index < -0.39 is 6.04 Å². The highest BCUT2D eigenvalue weighted by Crippen LogP contribution is 2.32. The van der Waals surface area contributed by atoms with Gasteiger partial charge in [-0.1, -0.05) is 11.6 Å². The number of nitrogens with zero attached hydrogens (tertiary/aromatic N) is 4. The summed E-state index contributed by atoms with van der Waals surface area (Å²) in [6.45, 7) is 4.17. The number of aromatic nitrogens is 3. The van der Waals surface area contributed by atoms with Crippen LogP contribution in [0.15, 0.2) is 43.0 Å². The number of rotatable bonds is 6. The van der Waals surface area contributed by atoms with Gasteiger partial charge in [0.25, 0.3) is 5.91 Å². The highest BCUT2D eigenvalue weighted by atomic mass is 35.5. The molecule has 0 unspecified atom stereocenters. The van der Waals surface area contributed by atoms with Crippen LogP contribution in [0.2, 0.25) is 5.02 Å². The molecule has 35 heavy (non-hydrogen) atoms. The molecule has 2 aliphatic rings. The lowest BCUT2D eigenvalue weighted by atomic mass is 9.79. The van der Waals surface area contributed by atoms with E-state index in [9.17, 15) is 9.59 Å². The number of hydrogen-bond acceptors (Lipinski definition) is 4. The zero-order chi connectivity index (χ0) is 24.4. The zero-order valence-electron chi connectivity index (χ0n) is 20.1. The number of imidazole rings is 1. The fourth-order valence-corrected chi connectivity index (χ4v) is 5.74. The van der Waals surface area contributed by atoms with Crippen molar-refractivity contribution >= 4 is 34.3 Å². The van der Waals surface area contributed by atoms with Crippen LogP contribution in [0.4, 0.5) is 0 Å². The Hall–Kier alpha value is -2.84. The van der Waals surface area contributed by atoms with Gasteiger partial charge in [0.1, 0.15) is 11.7 Å². The van der Waals surface area contributed by atoms with Crippen molar-refractivity contribution in [2.24, 2.45) is 11.8 Å². The Morgan fingerprint density at radius 3 is 2.51 bits per heavy atom. The van der Waals surface area contributed by atoms with Gasteiger partial charge in [-0.05, 0) is 81.9 Å². The van der Waals surface area contributed by atoms with Crippen LogP contribution in [0.5, 0.6) is 0 Å². The molecule has 0 saturated carbocycles. The Morgan fingerprint density at radius 2 is 1.83 bits per heavy atom. The summed E-state index contributed by atoms with van der Waals surface area (Å²) in [4.78, 5) is 38.3. The minimum atomic E-state index is -0.674. The van der Waals surface area contributed by atoms with Crippen LogP contribution in [0.3, 0.4) is 0 Å². The molecule has 3 aromatic rings. The van der Waals surface area contributed by atoms with Gasteiger partial charge in [-0.25, -0.2) is 4.98 Å². The molecular formula is C26H33ClN6O2. The lowest BCUT2D eigenvalue weighted by Crippen LogP contribution is -2.53. The van der Waals surface area contributed by atoms with Gasteiger partial charge < -0.3 is 24.7 Å². The summed E-state index contributed by atoms with van der Waals surface area (Å²) in [5.41, 5.74) is 1.24. The molecule has 2 aromatic heterocycles. The number of halogens is 1. The fraction of sp³-hybridized carbons (Fsp3) is 0.500. The van der Waals surface area contributed by atoms with E-state index in [1.165, 1.54) is 25.9 Å². The Balaban J connectivity index is 1.26. The first kappa shape index (κ1) is 23.9. The molecule has 8 nitrogen and oxygen atoms in total. The number of hydrogen-bond donors (Lipinski definition) is 2. The summed E-state index contributed by atoms with van der Waals surface area (Å²) >= 11 is 6.09. The van der Waals surface area contributed by atoms with E-state index >= 15 is 0 Å². The molecule has 2 aliphatic heterocycles. The van der Waals surface area contributed by atoms with Crippen molar-refractivity contribution in [3.05, 3.63) is 53.7 Å². The number of likely N-dealkylation sites (tertiary alicyclic amines) is 2. The number of amides is 2. The third kappa shape index (κ3) is 5.54. The molecule has 0 bridgehead atoms. The summed E-state index contributed by atoms with van der Waals surface area (Å²) in [5.74, 6) is 1.11. The largest absolute Gasteiger partial charge is 0.351 e. The molecule has 0 aliphatic carbocycles. The first-order valence-electron chi connectivity index (χ1n) is 12.5. The molecule has 4 heterocycles. The molecule has 5 rings (SSSR count). The summed E-state index contributed by atoms with van der Waals surface area (Å²) in [7, 11) is 2.19. The number of fused-ring (bicyclic) bond motifs is 1. The van der Waals surface area contributed by atoms with Gasteiger partial charge in [0.05, 0.1) is 12.9 Å². The van der Waals surface area contributed by atoms with Crippen LogP contribution in [0, 0.1) is 11.8 Å². The van der Waals surface area contributed by atoms with Crippen molar-refractivity contribution in [3.63, 3.8) is 0 Å². The summed E-state index contributed by atoms with van der Waals surface area (Å²) in [5, 5.41) is 4.44. The standard InChI is InChI=1S/C26H33ClN6O2/c1-31-9-4-18(5-10-31)19-6-11-33(12-7-19)26(35)24(16-32-13-8-28-17-32)30-25(34)23-15-20-14-21(27)2-3-22(20)29-23/h2-3,8,13-15,17-19,24,29H,4-7,9-12,16H2,1H3,(H,30,34)/t24-/m1/s1. The zero-order valence-corrected chi connectivity index (χ0v) is 20.9. The number of aromatic amines is 1. The van der Waals surface area contributed by atoms with Gasteiger partial charge in [-0.2, -0.15) is 0 Å². The molecule has 1 atom stereocenters. The van der Waals surface area contributed by atoms with E-state index in [-0.39, 0.29) is 11.8 Å². The molecule has 1 aromatic carbocycles. The highest BCUT2D eigenvalue weighted by Gasteiger charge is 2.33. The first-order valence-corrected chi connectivity index (χ1v) is 12.9. The number of carbonyl (C=O) groups excluding carboxylic acids is 2. The molecule has 0 spiro atoms. The van der Waals surface area contributed by atoms with Crippen LogP contribution in [-0.2, 0) is 11.3 Å². The molecule has 2 saturated heterocycles. The van der Waals surface area contributed by atoms with Gasteiger partial charge in [0, 0.05) is 41.4 Å². The van der Waals surface area contributed by atoms with E-state index in [4.69, 9.17) is 11.6 Å². The van der Waals surface area contributed by atoms with E-state index in [0.717, 1.165) is 42.8 Å². The summed E-state index contributed by atoms with van der Waals surface area (Å²) < 4.78 is 1.83. The summed E-state index contributed by atoms with van der Waals surface area (Å²) in [6, 6.07) is 6.53. The monoisotopic (exact) mass is 496 g/mol. The van der Waals surface area contributed by atoms with Crippen molar-refractivity contribution < 1.29 is 9.59 Å². The van der Waals surface area contributed by atoms with E-state index in [1.807, 2.05) is 27.8 Å². The minimum Gasteiger partial charge on any atom is -0.351 e. The Labute approximate surface area is 210 Å². The molecule has 2 amide bonds. The maximum atomic E-state index is 13.6. The molecule has 186 valence electrons. The molecule has 2 N–H and O–H groups in total. The van der Waals surface area contributed by atoms with Crippen molar-refractivity contribution in [3.8, 4) is 0 Å². The van der Waals surface area contributed by atoms with Gasteiger partial charge in [-0.3, -0.25) is 9.59 Å². The van der Waals surface area contributed by atoms with Crippen molar-refractivity contribution in [1.82, 2.24) is 29.7 Å². The van der Waals surface area contributed by atoms with Crippen LogP contribution >= 0.6 is 11.6 Å². The van der Waals surface area contributed by atoms with Crippen LogP contribution < -0.4 is 5.32 Å². The number of carbonyl (C=O) groups is 2. The van der Waals surface area contributed by atoms with Crippen LogP contribution in [0.1, 0.15) is 36.2 Å². The third-order valence-corrected chi connectivity index (χ3v) is 7.90. The average Bonchev–Trinajstić information content (AvgIpc) is 3.53. The third-order valence-electron chi connectivity index (χ3n) is 7.66. The number of nitrogens with one attached hydrogen (secondary N) is 2. The van der Waals surface area contributed by atoms with Gasteiger partial charge in [0.2, 0.25) is 5.91 Å². The fourth-order valence-electron chi connectivity index (χ4n) is 5.56. The van der Waals surface area contributed by atoms with Gasteiger partial charge >= 0.3 is 0 Å². The summed E-state index contributed by atoms with van der Waals surface area (Å²) in [6.07, 6.45) is 9.74. The number of H-pyrrole nitrogens is 1. The smallest absolute Gasteiger partial charge is 0.268 e. The Bertz CT molecular complexity index is 1160.